The Kier molecular flexibility index (Phi) is 13.5. The summed E-state index contributed by atoms with van der Waals surface area (Å²) in [5, 5.41) is 6.64. The molecule has 1 aliphatic heterocycles. The first-order valence-electron chi connectivity index (χ1n) is 8.00. The predicted octanol–water partition coefficient (Wildman–Crippen LogP) is 2.54. The van der Waals surface area contributed by atoms with Crippen LogP contribution in [0.4, 0.5) is 0 Å². The first-order chi connectivity index (χ1) is 9.76. The summed E-state index contributed by atoms with van der Waals surface area (Å²) < 4.78 is 11.1. The van der Waals surface area contributed by atoms with Gasteiger partial charge in [-0.1, -0.05) is 6.92 Å². The van der Waals surface area contributed by atoms with E-state index in [1.807, 2.05) is 0 Å². The van der Waals surface area contributed by atoms with Crippen LogP contribution in [0.1, 0.15) is 46.5 Å². The van der Waals surface area contributed by atoms with Crippen LogP contribution in [-0.4, -0.2) is 51.0 Å². The van der Waals surface area contributed by atoms with Crippen LogP contribution in [0.15, 0.2) is 4.99 Å². The third-order valence-corrected chi connectivity index (χ3v) is 3.38. The Bertz CT molecular complexity index is 272. The molecule has 2 atom stereocenters. The monoisotopic (exact) mass is 413 g/mol. The number of aliphatic imine (C=N–C) groups is 1. The first kappa shape index (κ1) is 20.9. The van der Waals surface area contributed by atoms with Gasteiger partial charge >= 0.3 is 0 Å². The molecule has 0 aliphatic carbocycles. The van der Waals surface area contributed by atoms with Crippen molar-refractivity contribution in [3.63, 3.8) is 0 Å². The smallest absolute Gasteiger partial charge is 0.191 e. The normalized spacial score (nSPS) is 20.0. The van der Waals surface area contributed by atoms with Crippen molar-refractivity contribution >= 4 is 29.9 Å². The van der Waals surface area contributed by atoms with Gasteiger partial charge in [-0.15, -0.1) is 24.0 Å². The minimum absolute atomic E-state index is 0. The molecule has 6 heteroatoms. The predicted molar refractivity (Wildman–Crippen MR) is 98.7 cm³/mol. The van der Waals surface area contributed by atoms with Gasteiger partial charge < -0.3 is 20.1 Å². The van der Waals surface area contributed by atoms with Gasteiger partial charge in [0, 0.05) is 32.3 Å². The van der Waals surface area contributed by atoms with E-state index in [1.54, 1.807) is 0 Å². The van der Waals surface area contributed by atoms with Crippen LogP contribution in [0.5, 0.6) is 0 Å². The first-order valence-corrected chi connectivity index (χ1v) is 8.00. The number of halogens is 1. The lowest BCUT2D eigenvalue weighted by Crippen LogP contribution is -2.42. The molecule has 5 nitrogen and oxygen atoms in total. The second-order valence-electron chi connectivity index (χ2n) is 5.28. The second kappa shape index (κ2) is 13.6. The number of hydrogen-bond acceptors (Lipinski definition) is 3. The second-order valence-corrected chi connectivity index (χ2v) is 5.28. The summed E-state index contributed by atoms with van der Waals surface area (Å²) in [4.78, 5) is 4.55. The van der Waals surface area contributed by atoms with E-state index in [4.69, 9.17) is 9.47 Å². The molecule has 1 saturated heterocycles. The molecule has 0 radical (unpaired) electrons. The summed E-state index contributed by atoms with van der Waals surface area (Å²) in [5.41, 5.74) is 0. The number of nitrogens with one attached hydrogen (secondary N) is 2. The Morgan fingerprint density at radius 1 is 1.43 bits per heavy atom. The number of nitrogens with zero attached hydrogens (tertiary/aromatic N) is 1. The highest BCUT2D eigenvalue weighted by Crippen LogP contribution is 2.11. The molecule has 21 heavy (non-hydrogen) atoms. The van der Waals surface area contributed by atoms with Gasteiger partial charge in [0.2, 0.25) is 0 Å². The fraction of sp³-hybridized carbons (Fsp3) is 0.933. The van der Waals surface area contributed by atoms with Crippen LogP contribution in [0.25, 0.3) is 0 Å². The molecule has 0 aromatic rings. The summed E-state index contributed by atoms with van der Waals surface area (Å²) in [6.07, 6.45) is 4.68. The van der Waals surface area contributed by atoms with E-state index in [0.29, 0.717) is 12.1 Å². The van der Waals surface area contributed by atoms with Crippen LogP contribution in [0, 0.1) is 0 Å². The highest BCUT2D eigenvalue weighted by atomic mass is 127. The Hall–Kier alpha value is -0.0800. The summed E-state index contributed by atoms with van der Waals surface area (Å²) in [6, 6.07) is 0.448. The van der Waals surface area contributed by atoms with E-state index in [9.17, 15) is 0 Å². The van der Waals surface area contributed by atoms with Crippen molar-refractivity contribution < 1.29 is 9.47 Å². The summed E-state index contributed by atoms with van der Waals surface area (Å²) >= 11 is 0. The van der Waals surface area contributed by atoms with Crippen molar-refractivity contribution in [2.75, 3.05) is 32.9 Å². The molecule has 0 saturated carbocycles. The zero-order valence-electron chi connectivity index (χ0n) is 13.7. The maximum atomic E-state index is 5.63. The Morgan fingerprint density at radius 3 is 2.86 bits per heavy atom. The van der Waals surface area contributed by atoms with E-state index in [2.05, 4.69) is 36.4 Å². The highest BCUT2D eigenvalue weighted by molar-refractivity contribution is 14.0. The molecule has 1 fully saturated rings. The topological polar surface area (TPSA) is 54.9 Å². The van der Waals surface area contributed by atoms with Crippen molar-refractivity contribution in [2.45, 2.75) is 58.6 Å². The van der Waals surface area contributed by atoms with Gasteiger partial charge in [0.15, 0.2) is 5.96 Å². The van der Waals surface area contributed by atoms with Crippen molar-refractivity contribution in [2.24, 2.45) is 4.99 Å². The van der Waals surface area contributed by atoms with Crippen molar-refractivity contribution in [1.82, 2.24) is 10.6 Å². The van der Waals surface area contributed by atoms with E-state index >= 15 is 0 Å². The lowest BCUT2D eigenvalue weighted by Gasteiger charge is -2.16. The van der Waals surface area contributed by atoms with E-state index < -0.39 is 0 Å². The highest BCUT2D eigenvalue weighted by Gasteiger charge is 2.14. The number of ether oxygens (including phenoxy) is 2. The molecule has 2 N–H and O–H groups in total. The summed E-state index contributed by atoms with van der Waals surface area (Å²) in [7, 11) is 0. The zero-order valence-corrected chi connectivity index (χ0v) is 16.0. The molecule has 1 rings (SSSR count). The third-order valence-electron chi connectivity index (χ3n) is 3.38. The summed E-state index contributed by atoms with van der Waals surface area (Å²) in [6.45, 7) is 10.5. The summed E-state index contributed by atoms with van der Waals surface area (Å²) in [5.74, 6) is 0.904. The molecular formula is C15H32IN3O2. The molecule has 126 valence electrons. The van der Waals surface area contributed by atoms with Crippen molar-refractivity contribution in [3.05, 3.63) is 0 Å². The number of rotatable bonds is 9. The molecule has 1 heterocycles. The molecule has 0 amide bonds. The molecule has 0 aromatic carbocycles. The van der Waals surface area contributed by atoms with Crippen LogP contribution in [-0.2, 0) is 9.47 Å². The average molecular weight is 413 g/mol. The molecule has 0 aromatic heterocycles. The molecule has 0 spiro atoms. The zero-order chi connectivity index (χ0) is 14.6. The Labute approximate surface area is 146 Å². The van der Waals surface area contributed by atoms with Gasteiger partial charge in [0.05, 0.1) is 12.7 Å². The van der Waals surface area contributed by atoms with Crippen LogP contribution in [0.2, 0.25) is 0 Å². The Morgan fingerprint density at radius 2 is 2.24 bits per heavy atom. The van der Waals surface area contributed by atoms with Gasteiger partial charge in [0.25, 0.3) is 0 Å². The molecule has 1 aliphatic rings. The Balaban J connectivity index is 0.00000400. The average Bonchev–Trinajstić information content (AvgIpc) is 2.95. The van der Waals surface area contributed by atoms with Crippen molar-refractivity contribution in [1.29, 1.82) is 0 Å². The number of hydrogen-bond donors (Lipinski definition) is 2. The maximum Gasteiger partial charge on any atom is 0.191 e. The standard InChI is InChI=1S/C15H31N3O2.HI/c1-4-13(3)18-15(16-5-2)17-9-7-10-19-12-14-8-6-11-20-14;/h13-14H,4-12H2,1-3H3,(H2,16,17,18);1H. The fourth-order valence-electron chi connectivity index (χ4n) is 2.00. The van der Waals surface area contributed by atoms with Crippen LogP contribution >= 0.6 is 24.0 Å². The SMILES string of the molecule is CCNC(=NCCCOCC1CCCO1)NC(C)CC.I. The van der Waals surface area contributed by atoms with E-state index in [-0.39, 0.29) is 24.0 Å². The van der Waals surface area contributed by atoms with E-state index in [1.165, 1.54) is 6.42 Å². The minimum Gasteiger partial charge on any atom is -0.379 e. The van der Waals surface area contributed by atoms with Crippen LogP contribution in [0.3, 0.4) is 0 Å². The molecular weight excluding hydrogens is 381 g/mol. The minimum atomic E-state index is 0. The third kappa shape index (κ3) is 10.3. The largest absolute Gasteiger partial charge is 0.379 e. The van der Waals surface area contributed by atoms with Gasteiger partial charge in [-0.2, -0.15) is 0 Å². The van der Waals surface area contributed by atoms with Gasteiger partial charge in [-0.25, -0.2) is 0 Å². The number of guanidine groups is 1. The fourth-order valence-corrected chi connectivity index (χ4v) is 2.00. The van der Waals surface area contributed by atoms with Crippen LogP contribution < -0.4 is 10.6 Å². The molecule has 0 bridgehead atoms. The lowest BCUT2D eigenvalue weighted by atomic mass is 10.2. The maximum absolute atomic E-state index is 5.63. The van der Waals surface area contributed by atoms with E-state index in [0.717, 1.165) is 58.1 Å². The van der Waals surface area contributed by atoms with Gasteiger partial charge in [0.1, 0.15) is 0 Å². The van der Waals surface area contributed by atoms with Gasteiger partial charge in [-0.3, -0.25) is 4.99 Å². The molecule has 2 unspecified atom stereocenters. The van der Waals surface area contributed by atoms with Crippen molar-refractivity contribution in [3.8, 4) is 0 Å². The quantitative estimate of drug-likeness (QED) is 0.264. The van der Waals surface area contributed by atoms with Gasteiger partial charge in [-0.05, 0) is 39.5 Å². The lowest BCUT2D eigenvalue weighted by molar-refractivity contribution is 0.0171.